The fourth-order valence-corrected chi connectivity index (χ4v) is 0.950. The number of hydrogen-bond donors (Lipinski definition) is 1. The van der Waals surface area contributed by atoms with Crippen LogP contribution in [0, 0.1) is 11.3 Å². The molecule has 2 heteroatoms. The quantitative estimate of drug-likeness (QED) is 0.523. The zero-order valence-corrected chi connectivity index (χ0v) is 5.35. The molecule has 48 valence electrons. The Hall–Kier alpha value is -0.810. The standard InChI is InChI=1S/C7H10N2/c8-4-1-2-7-3-5-9-6-7/h2,9H,1,3,5-6H2/b7-2-. The highest BCUT2D eigenvalue weighted by Gasteiger charge is 2.02. The summed E-state index contributed by atoms with van der Waals surface area (Å²) in [5, 5.41) is 11.4. The summed E-state index contributed by atoms with van der Waals surface area (Å²) in [4.78, 5) is 0. The van der Waals surface area contributed by atoms with Crippen LogP contribution in [0.25, 0.3) is 0 Å². The van der Waals surface area contributed by atoms with E-state index < -0.39 is 0 Å². The molecule has 0 saturated carbocycles. The molecule has 1 rings (SSSR count). The Balaban J connectivity index is 2.33. The molecule has 1 saturated heterocycles. The van der Waals surface area contributed by atoms with E-state index >= 15 is 0 Å². The third kappa shape index (κ3) is 1.87. The van der Waals surface area contributed by atoms with Gasteiger partial charge in [0, 0.05) is 6.54 Å². The Kier molecular flexibility index (Phi) is 2.29. The third-order valence-corrected chi connectivity index (χ3v) is 1.46. The van der Waals surface area contributed by atoms with Gasteiger partial charge in [0.15, 0.2) is 0 Å². The zero-order valence-electron chi connectivity index (χ0n) is 5.35. The molecule has 9 heavy (non-hydrogen) atoms. The van der Waals surface area contributed by atoms with Crippen molar-refractivity contribution in [1.29, 1.82) is 5.26 Å². The fourth-order valence-electron chi connectivity index (χ4n) is 0.950. The first-order chi connectivity index (χ1) is 4.43. The Morgan fingerprint density at radius 3 is 3.22 bits per heavy atom. The lowest BCUT2D eigenvalue weighted by Gasteiger charge is -1.87. The van der Waals surface area contributed by atoms with Crippen LogP contribution >= 0.6 is 0 Å². The van der Waals surface area contributed by atoms with Crippen molar-refractivity contribution in [2.45, 2.75) is 12.8 Å². The number of nitrogens with zero attached hydrogens (tertiary/aromatic N) is 1. The summed E-state index contributed by atoms with van der Waals surface area (Å²) in [7, 11) is 0. The average Bonchev–Trinajstić information content (AvgIpc) is 2.34. The Morgan fingerprint density at radius 1 is 1.78 bits per heavy atom. The van der Waals surface area contributed by atoms with Gasteiger partial charge < -0.3 is 5.32 Å². The van der Waals surface area contributed by atoms with Crippen molar-refractivity contribution < 1.29 is 0 Å². The molecule has 0 aromatic carbocycles. The van der Waals surface area contributed by atoms with E-state index in [0.717, 1.165) is 19.5 Å². The van der Waals surface area contributed by atoms with Crippen molar-refractivity contribution >= 4 is 0 Å². The predicted molar refractivity (Wildman–Crippen MR) is 35.8 cm³/mol. The van der Waals surface area contributed by atoms with Gasteiger partial charge in [-0.1, -0.05) is 11.6 Å². The average molecular weight is 122 g/mol. The Labute approximate surface area is 55.2 Å². The maximum atomic E-state index is 8.21. The molecule has 0 aliphatic carbocycles. The van der Waals surface area contributed by atoms with Gasteiger partial charge in [-0.3, -0.25) is 0 Å². The van der Waals surface area contributed by atoms with Gasteiger partial charge in [-0.15, -0.1) is 0 Å². The number of rotatable bonds is 1. The predicted octanol–water partition coefficient (Wildman–Crippen LogP) is 0.820. The van der Waals surface area contributed by atoms with E-state index in [1.807, 2.05) is 6.08 Å². The summed E-state index contributed by atoms with van der Waals surface area (Å²) in [5.41, 5.74) is 1.39. The summed E-state index contributed by atoms with van der Waals surface area (Å²) in [6.45, 7) is 2.07. The van der Waals surface area contributed by atoms with Gasteiger partial charge in [-0.05, 0) is 13.0 Å². The monoisotopic (exact) mass is 122 g/mol. The van der Waals surface area contributed by atoms with Crippen LogP contribution in [0.5, 0.6) is 0 Å². The van der Waals surface area contributed by atoms with E-state index in [1.54, 1.807) is 0 Å². The van der Waals surface area contributed by atoms with Gasteiger partial charge >= 0.3 is 0 Å². The minimum Gasteiger partial charge on any atom is -0.313 e. The molecular formula is C7H10N2. The lowest BCUT2D eigenvalue weighted by atomic mass is 10.2. The fraction of sp³-hybridized carbons (Fsp3) is 0.571. The molecule has 0 aromatic heterocycles. The van der Waals surface area contributed by atoms with Gasteiger partial charge in [0.2, 0.25) is 0 Å². The van der Waals surface area contributed by atoms with Crippen molar-refractivity contribution in [3.8, 4) is 6.07 Å². The number of allylic oxidation sites excluding steroid dienone is 1. The molecule has 0 aromatic rings. The second kappa shape index (κ2) is 3.26. The second-order valence-electron chi connectivity index (χ2n) is 2.15. The van der Waals surface area contributed by atoms with Crippen LogP contribution in [-0.4, -0.2) is 13.1 Å². The third-order valence-electron chi connectivity index (χ3n) is 1.46. The van der Waals surface area contributed by atoms with Crippen molar-refractivity contribution in [1.82, 2.24) is 5.32 Å². The zero-order chi connectivity index (χ0) is 6.53. The largest absolute Gasteiger partial charge is 0.313 e. The molecule has 2 nitrogen and oxygen atoms in total. The molecular weight excluding hydrogens is 112 g/mol. The van der Waals surface area contributed by atoms with Gasteiger partial charge in [0.05, 0.1) is 12.5 Å². The lowest BCUT2D eigenvalue weighted by molar-refractivity contribution is 0.862. The number of hydrogen-bond acceptors (Lipinski definition) is 2. The number of nitrogens with one attached hydrogen (secondary N) is 1. The summed E-state index contributed by atoms with van der Waals surface area (Å²) in [6, 6.07) is 2.09. The van der Waals surface area contributed by atoms with Gasteiger partial charge in [0.25, 0.3) is 0 Å². The summed E-state index contributed by atoms with van der Waals surface area (Å²) in [6.07, 6.45) is 3.71. The molecule has 1 N–H and O–H groups in total. The van der Waals surface area contributed by atoms with Crippen molar-refractivity contribution in [3.05, 3.63) is 11.6 Å². The van der Waals surface area contributed by atoms with Crippen LogP contribution in [0.2, 0.25) is 0 Å². The van der Waals surface area contributed by atoms with Gasteiger partial charge in [-0.25, -0.2) is 0 Å². The molecule has 1 heterocycles. The highest BCUT2D eigenvalue weighted by Crippen LogP contribution is 2.05. The SMILES string of the molecule is N#CC/C=C1/CCNC1. The second-order valence-corrected chi connectivity index (χ2v) is 2.15. The van der Waals surface area contributed by atoms with Crippen LogP contribution in [0.3, 0.4) is 0 Å². The molecule has 0 spiro atoms. The van der Waals surface area contributed by atoms with Crippen LogP contribution in [0.15, 0.2) is 11.6 Å². The lowest BCUT2D eigenvalue weighted by Crippen LogP contribution is -2.04. The van der Waals surface area contributed by atoms with Crippen LogP contribution < -0.4 is 5.32 Å². The summed E-state index contributed by atoms with van der Waals surface area (Å²) in [5.74, 6) is 0. The highest BCUT2D eigenvalue weighted by molar-refractivity contribution is 5.10. The van der Waals surface area contributed by atoms with E-state index in [-0.39, 0.29) is 0 Å². The van der Waals surface area contributed by atoms with Gasteiger partial charge in [-0.2, -0.15) is 5.26 Å². The van der Waals surface area contributed by atoms with E-state index in [1.165, 1.54) is 5.57 Å². The normalized spacial score (nSPS) is 22.3. The molecule has 0 unspecified atom stereocenters. The topological polar surface area (TPSA) is 35.8 Å². The van der Waals surface area contributed by atoms with Crippen LogP contribution in [0.1, 0.15) is 12.8 Å². The molecule has 1 aliphatic heterocycles. The Bertz CT molecular complexity index is 145. The van der Waals surface area contributed by atoms with Crippen molar-refractivity contribution in [2.24, 2.45) is 0 Å². The minimum atomic E-state index is 0.566. The van der Waals surface area contributed by atoms with E-state index in [4.69, 9.17) is 5.26 Å². The molecule has 1 aliphatic rings. The van der Waals surface area contributed by atoms with Gasteiger partial charge in [0.1, 0.15) is 0 Å². The van der Waals surface area contributed by atoms with Crippen molar-refractivity contribution in [2.75, 3.05) is 13.1 Å². The smallest absolute Gasteiger partial charge is 0.0663 e. The number of nitriles is 1. The first-order valence-electron chi connectivity index (χ1n) is 3.19. The van der Waals surface area contributed by atoms with E-state index in [2.05, 4.69) is 11.4 Å². The summed E-state index contributed by atoms with van der Waals surface area (Å²) < 4.78 is 0. The molecule has 0 amide bonds. The molecule has 0 radical (unpaired) electrons. The highest BCUT2D eigenvalue weighted by atomic mass is 14.9. The summed E-state index contributed by atoms with van der Waals surface area (Å²) >= 11 is 0. The molecule has 0 atom stereocenters. The van der Waals surface area contributed by atoms with E-state index in [9.17, 15) is 0 Å². The molecule has 1 fully saturated rings. The minimum absolute atomic E-state index is 0.566. The van der Waals surface area contributed by atoms with Crippen LogP contribution in [0.4, 0.5) is 0 Å². The maximum Gasteiger partial charge on any atom is 0.0663 e. The maximum absolute atomic E-state index is 8.21. The first-order valence-corrected chi connectivity index (χ1v) is 3.19. The first kappa shape index (κ1) is 6.31. The Morgan fingerprint density at radius 2 is 2.67 bits per heavy atom. The van der Waals surface area contributed by atoms with Crippen molar-refractivity contribution in [3.63, 3.8) is 0 Å². The molecule has 0 bridgehead atoms. The van der Waals surface area contributed by atoms with Crippen LogP contribution in [-0.2, 0) is 0 Å². The van der Waals surface area contributed by atoms with E-state index in [0.29, 0.717) is 6.42 Å².